The van der Waals surface area contributed by atoms with E-state index in [4.69, 9.17) is 4.74 Å². The highest BCUT2D eigenvalue weighted by molar-refractivity contribution is 5.75. The van der Waals surface area contributed by atoms with E-state index in [0.29, 0.717) is 18.4 Å². The second-order valence-corrected chi connectivity index (χ2v) is 5.85. The summed E-state index contributed by atoms with van der Waals surface area (Å²) in [5.41, 5.74) is 0. The van der Waals surface area contributed by atoms with Crippen molar-refractivity contribution >= 4 is 5.97 Å². The van der Waals surface area contributed by atoms with E-state index in [1.54, 1.807) is 0 Å². The van der Waals surface area contributed by atoms with Crippen LogP contribution in [0.3, 0.4) is 0 Å². The molecule has 0 aromatic heterocycles. The fourth-order valence-corrected chi connectivity index (χ4v) is 2.64. The van der Waals surface area contributed by atoms with Gasteiger partial charge in [0.25, 0.3) is 0 Å². The van der Waals surface area contributed by atoms with Crippen LogP contribution in [0.5, 0.6) is 0 Å². The zero-order chi connectivity index (χ0) is 13.4. The van der Waals surface area contributed by atoms with Crippen LogP contribution in [0, 0.1) is 11.8 Å². The molecule has 0 saturated heterocycles. The summed E-state index contributed by atoms with van der Waals surface area (Å²) in [4.78, 5) is 11.9. The minimum Gasteiger partial charge on any atom is -0.465 e. The molecule has 1 saturated carbocycles. The number of esters is 1. The van der Waals surface area contributed by atoms with Crippen molar-refractivity contribution in [2.45, 2.75) is 65.3 Å². The predicted molar refractivity (Wildman–Crippen MR) is 74.5 cm³/mol. The Morgan fingerprint density at radius 3 is 2.50 bits per heavy atom. The maximum Gasteiger partial charge on any atom is 0.323 e. The minimum absolute atomic E-state index is 0.0660. The Morgan fingerprint density at radius 1 is 1.28 bits per heavy atom. The molecule has 0 aliphatic heterocycles. The summed E-state index contributed by atoms with van der Waals surface area (Å²) >= 11 is 0. The lowest BCUT2D eigenvalue weighted by Crippen LogP contribution is -2.41. The first kappa shape index (κ1) is 15.5. The van der Waals surface area contributed by atoms with Crippen LogP contribution >= 0.6 is 0 Å². The number of hydrogen-bond donors (Lipinski definition) is 1. The predicted octanol–water partition coefficient (Wildman–Crippen LogP) is 3.13. The maximum absolute atomic E-state index is 11.9. The summed E-state index contributed by atoms with van der Waals surface area (Å²) in [6.07, 6.45) is 7.51. The first-order valence-electron chi connectivity index (χ1n) is 7.53. The van der Waals surface area contributed by atoms with Gasteiger partial charge in [0.05, 0.1) is 6.61 Å². The molecule has 3 heteroatoms. The van der Waals surface area contributed by atoms with Crippen molar-refractivity contribution in [2.24, 2.45) is 11.8 Å². The Morgan fingerprint density at radius 2 is 1.94 bits per heavy atom. The third-order valence-electron chi connectivity index (χ3n) is 3.64. The zero-order valence-electron chi connectivity index (χ0n) is 12.2. The smallest absolute Gasteiger partial charge is 0.323 e. The number of hydrogen-bond acceptors (Lipinski definition) is 3. The lowest BCUT2D eigenvalue weighted by Gasteiger charge is -2.26. The van der Waals surface area contributed by atoms with Gasteiger partial charge in [-0.15, -0.1) is 0 Å². The van der Waals surface area contributed by atoms with Crippen LogP contribution in [-0.4, -0.2) is 25.2 Å². The highest BCUT2D eigenvalue weighted by Gasteiger charge is 2.24. The van der Waals surface area contributed by atoms with Crippen molar-refractivity contribution in [1.29, 1.82) is 0 Å². The average molecular weight is 255 g/mol. The van der Waals surface area contributed by atoms with E-state index in [1.807, 2.05) is 6.92 Å². The van der Waals surface area contributed by atoms with E-state index < -0.39 is 0 Å². The van der Waals surface area contributed by atoms with Gasteiger partial charge >= 0.3 is 5.97 Å². The van der Waals surface area contributed by atoms with Gasteiger partial charge in [0.2, 0.25) is 0 Å². The molecule has 0 aromatic carbocycles. The Hall–Kier alpha value is -0.570. The molecule has 0 spiro atoms. The second kappa shape index (κ2) is 8.52. The molecule has 3 nitrogen and oxygen atoms in total. The maximum atomic E-state index is 11.9. The van der Waals surface area contributed by atoms with Crippen LogP contribution in [0.4, 0.5) is 0 Å². The van der Waals surface area contributed by atoms with E-state index in [1.165, 1.54) is 32.1 Å². The van der Waals surface area contributed by atoms with Crippen molar-refractivity contribution < 1.29 is 9.53 Å². The molecule has 1 unspecified atom stereocenters. The monoisotopic (exact) mass is 255 g/mol. The number of rotatable bonds is 7. The van der Waals surface area contributed by atoms with Gasteiger partial charge in [-0.25, -0.2) is 0 Å². The molecule has 0 heterocycles. The molecule has 0 aromatic rings. The number of ether oxygens (including phenoxy) is 1. The van der Waals surface area contributed by atoms with Gasteiger partial charge < -0.3 is 10.1 Å². The Balaban J connectivity index is 2.44. The second-order valence-electron chi connectivity index (χ2n) is 5.85. The molecule has 0 amide bonds. The third kappa shape index (κ3) is 5.85. The third-order valence-corrected chi connectivity index (χ3v) is 3.64. The topological polar surface area (TPSA) is 38.3 Å². The molecular formula is C15H29NO2. The van der Waals surface area contributed by atoms with E-state index in [-0.39, 0.29) is 12.0 Å². The van der Waals surface area contributed by atoms with Crippen LogP contribution in [0.25, 0.3) is 0 Å². The molecule has 1 atom stereocenters. The summed E-state index contributed by atoms with van der Waals surface area (Å²) in [6, 6.07) is -0.101. The molecule has 1 fully saturated rings. The number of carbonyl (C=O) groups is 1. The molecule has 1 aliphatic carbocycles. The van der Waals surface area contributed by atoms with Crippen LogP contribution in [-0.2, 0) is 9.53 Å². The molecule has 18 heavy (non-hydrogen) atoms. The largest absolute Gasteiger partial charge is 0.465 e. The van der Waals surface area contributed by atoms with Crippen molar-refractivity contribution in [3.63, 3.8) is 0 Å². The van der Waals surface area contributed by atoms with Crippen LogP contribution in [0.15, 0.2) is 0 Å². The standard InChI is InChI=1S/C15H29NO2/c1-4-18-15(17)14(16-11-12(2)3)10-13-8-6-5-7-9-13/h12-14,16H,4-11H2,1-3H3. The fourth-order valence-electron chi connectivity index (χ4n) is 2.64. The number of nitrogens with one attached hydrogen (secondary N) is 1. The van der Waals surface area contributed by atoms with Crippen LogP contribution < -0.4 is 5.32 Å². The van der Waals surface area contributed by atoms with Crippen molar-refractivity contribution in [2.75, 3.05) is 13.2 Å². The first-order chi connectivity index (χ1) is 8.63. The summed E-state index contributed by atoms with van der Waals surface area (Å²) in [7, 11) is 0. The lowest BCUT2D eigenvalue weighted by atomic mass is 9.84. The minimum atomic E-state index is -0.101. The van der Waals surface area contributed by atoms with E-state index in [2.05, 4.69) is 19.2 Å². The quantitative estimate of drug-likeness (QED) is 0.710. The Labute approximate surface area is 112 Å². The first-order valence-corrected chi connectivity index (χ1v) is 7.53. The van der Waals surface area contributed by atoms with Gasteiger partial charge in [-0.05, 0) is 31.7 Å². The highest BCUT2D eigenvalue weighted by Crippen LogP contribution is 2.27. The Kier molecular flexibility index (Phi) is 7.33. The van der Waals surface area contributed by atoms with E-state index >= 15 is 0 Å². The van der Waals surface area contributed by atoms with E-state index in [0.717, 1.165) is 13.0 Å². The van der Waals surface area contributed by atoms with Gasteiger partial charge in [-0.3, -0.25) is 4.79 Å². The molecule has 1 rings (SSSR count). The summed E-state index contributed by atoms with van der Waals surface area (Å²) in [5.74, 6) is 1.20. The normalized spacial score (nSPS) is 18.9. The summed E-state index contributed by atoms with van der Waals surface area (Å²) < 4.78 is 5.18. The molecule has 106 valence electrons. The van der Waals surface area contributed by atoms with Crippen molar-refractivity contribution in [1.82, 2.24) is 5.32 Å². The average Bonchev–Trinajstić information content (AvgIpc) is 2.35. The summed E-state index contributed by atoms with van der Waals surface area (Å²) in [5, 5.41) is 3.38. The molecular weight excluding hydrogens is 226 g/mol. The fraction of sp³-hybridized carbons (Fsp3) is 0.933. The van der Waals surface area contributed by atoms with Gasteiger partial charge in [0.1, 0.15) is 6.04 Å². The van der Waals surface area contributed by atoms with E-state index in [9.17, 15) is 4.79 Å². The molecule has 0 bridgehead atoms. The van der Waals surface area contributed by atoms with Crippen molar-refractivity contribution in [3.05, 3.63) is 0 Å². The van der Waals surface area contributed by atoms with Crippen LogP contribution in [0.2, 0.25) is 0 Å². The summed E-state index contributed by atoms with van der Waals surface area (Å²) in [6.45, 7) is 7.56. The van der Waals surface area contributed by atoms with Crippen molar-refractivity contribution in [3.8, 4) is 0 Å². The Bertz CT molecular complexity index is 235. The van der Waals surface area contributed by atoms with Gasteiger partial charge in [0, 0.05) is 0 Å². The SMILES string of the molecule is CCOC(=O)C(CC1CCCCC1)NCC(C)C. The molecule has 0 radical (unpaired) electrons. The molecule has 1 aliphatic rings. The van der Waals surface area contributed by atoms with Gasteiger partial charge in [-0.2, -0.15) is 0 Å². The van der Waals surface area contributed by atoms with Gasteiger partial charge in [-0.1, -0.05) is 46.0 Å². The molecule has 1 N–H and O–H groups in total. The number of carbonyl (C=O) groups excluding carboxylic acids is 1. The highest BCUT2D eigenvalue weighted by atomic mass is 16.5. The zero-order valence-corrected chi connectivity index (χ0v) is 12.2. The lowest BCUT2D eigenvalue weighted by molar-refractivity contribution is -0.146. The van der Waals surface area contributed by atoms with Crippen LogP contribution in [0.1, 0.15) is 59.3 Å². The van der Waals surface area contributed by atoms with Gasteiger partial charge in [0.15, 0.2) is 0 Å².